The maximum absolute atomic E-state index is 12.9. The molecule has 0 unspecified atom stereocenters. The molecule has 2 aliphatic heterocycles. The lowest BCUT2D eigenvalue weighted by Gasteiger charge is -2.25. The van der Waals surface area contributed by atoms with E-state index in [1.54, 1.807) is 29.2 Å². The summed E-state index contributed by atoms with van der Waals surface area (Å²) in [5.74, 6) is 0.906. The number of hydrogen-bond acceptors (Lipinski definition) is 6. The fourth-order valence-electron chi connectivity index (χ4n) is 4.04. The number of amidine groups is 1. The van der Waals surface area contributed by atoms with Crippen LogP contribution in [0.2, 0.25) is 0 Å². The second kappa shape index (κ2) is 6.77. The number of carbonyl (C=O) groups is 1. The molecule has 2 N–H and O–H groups in total. The summed E-state index contributed by atoms with van der Waals surface area (Å²) >= 11 is 5.28. The molecule has 0 radical (unpaired) electrons. The van der Waals surface area contributed by atoms with Gasteiger partial charge in [-0.25, -0.2) is 0 Å². The quantitative estimate of drug-likeness (QED) is 0.708. The van der Waals surface area contributed by atoms with Gasteiger partial charge in [-0.05, 0) is 50.0 Å². The highest BCUT2D eigenvalue weighted by molar-refractivity contribution is 7.90. The Balaban J connectivity index is 1.35. The number of H-pyrrole nitrogens is 1. The van der Waals surface area contributed by atoms with Gasteiger partial charge < -0.3 is 10.2 Å². The normalized spacial score (nSPS) is 22.4. The Morgan fingerprint density at radius 3 is 2.86 bits per heavy atom. The van der Waals surface area contributed by atoms with Gasteiger partial charge in [-0.1, -0.05) is 12.1 Å². The first-order valence-corrected chi connectivity index (χ1v) is 11.4. The first kappa shape index (κ1) is 18.5. The fourth-order valence-corrected chi connectivity index (χ4v) is 5.56. The van der Waals surface area contributed by atoms with Crippen molar-refractivity contribution in [3.05, 3.63) is 40.4 Å². The zero-order valence-corrected chi connectivity index (χ0v) is 17.2. The van der Waals surface area contributed by atoms with Gasteiger partial charge in [0.2, 0.25) is 5.91 Å². The molecule has 1 atom stereocenters. The van der Waals surface area contributed by atoms with E-state index in [9.17, 15) is 13.2 Å². The molecule has 1 saturated heterocycles. The molecule has 2 fully saturated rings. The van der Waals surface area contributed by atoms with Crippen LogP contribution in [0.4, 0.5) is 0 Å². The topological polar surface area (TPSA) is 112 Å². The maximum atomic E-state index is 12.9. The number of benzene rings is 1. The second-order valence-corrected chi connectivity index (χ2v) is 9.46. The first-order chi connectivity index (χ1) is 14.0. The number of carbonyl (C=O) groups excluding carboxylic acids is 1. The lowest BCUT2D eigenvalue weighted by Crippen LogP contribution is -2.46. The zero-order chi connectivity index (χ0) is 20.2. The third-order valence-electron chi connectivity index (χ3n) is 5.55. The first-order valence-electron chi connectivity index (χ1n) is 9.60. The Labute approximate surface area is 172 Å². The number of fused-ring (bicyclic) bond motifs is 1. The highest BCUT2D eigenvalue weighted by atomic mass is 32.2. The van der Waals surface area contributed by atoms with Crippen LogP contribution in [0.5, 0.6) is 0 Å². The molecule has 29 heavy (non-hydrogen) atoms. The largest absolute Gasteiger partial charge is 0.347 e. The summed E-state index contributed by atoms with van der Waals surface area (Å²) < 4.78 is 31.3. The lowest BCUT2D eigenvalue weighted by atomic mass is 10.1. The van der Waals surface area contributed by atoms with E-state index in [0.717, 1.165) is 19.3 Å². The van der Waals surface area contributed by atoms with Crippen LogP contribution in [-0.2, 0) is 21.4 Å². The molecule has 3 heterocycles. The van der Waals surface area contributed by atoms with E-state index in [0.29, 0.717) is 41.0 Å². The fraction of sp³-hybridized carbons (Fsp3) is 0.444. The molecule has 3 aliphatic rings. The van der Waals surface area contributed by atoms with Gasteiger partial charge in [0, 0.05) is 18.2 Å². The van der Waals surface area contributed by atoms with E-state index in [4.69, 9.17) is 12.2 Å². The molecule has 0 spiro atoms. The van der Waals surface area contributed by atoms with Crippen LogP contribution < -0.4 is 5.32 Å². The van der Waals surface area contributed by atoms with Gasteiger partial charge in [-0.3, -0.25) is 14.5 Å². The number of amides is 1. The maximum Gasteiger partial charge on any atom is 0.285 e. The molecule has 0 bridgehead atoms. The van der Waals surface area contributed by atoms with Gasteiger partial charge in [0.1, 0.15) is 10.9 Å². The van der Waals surface area contributed by atoms with Gasteiger partial charge in [-0.2, -0.15) is 13.5 Å². The van der Waals surface area contributed by atoms with Crippen LogP contribution in [0.1, 0.15) is 43.1 Å². The van der Waals surface area contributed by atoms with Crippen molar-refractivity contribution in [3.63, 3.8) is 0 Å². The van der Waals surface area contributed by atoms with Crippen LogP contribution in [0, 0.1) is 4.77 Å². The van der Waals surface area contributed by atoms with Gasteiger partial charge in [0.25, 0.3) is 10.0 Å². The smallest absolute Gasteiger partial charge is 0.285 e. The highest BCUT2D eigenvalue weighted by Gasteiger charge is 2.39. The van der Waals surface area contributed by atoms with Crippen molar-refractivity contribution < 1.29 is 13.2 Å². The molecule has 1 saturated carbocycles. The van der Waals surface area contributed by atoms with Crippen LogP contribution in [0.15, 0.2) is 33.6 Å². The molecule has 1 amide bonds. The average Bonchev–Trinajstić information content (AvgIpc) is 3.18. The molecule has 5 rings (SSSR count). The Morgan fingerprint density at radius 2 is 2.07 bits per heavy atom. The van der Waals surface area contributed by atoms with E-state index in [2.05, 4.69) is 19.9 Å². The van der Waals surface area contributed by atoms with Gasteiger partial charge >= 0.3 is 0 Å². The minimum absolute atomic E-state index is 0.164. The molecular weight excluding hydrogens is 412 g/mol. The number of sulfonamides is 1. The summed E-state index contributed by atoms with van der Waals surface area (Å²) in [6, 6.07) is 6.64. The molecule has 11 heteroatoms. The molecule has 1 aromatic heterocycles. The minimum Gasteiger partial charge on any atom is -0.347 e. The predicted octanol–water partition coefficient (Wildman–Crippen LogP) is 1.51. The van der Waals surface area contributed by atoms with Crippen molar-refractivity contribution in [2.24, 2.45) is 4.40 Å². The standard InChI is InChI=1S/C18H20N6O3S2/c25-17(19-10-15-20-21-18(28)24(15)11-7-8-11)13-5-3-9-23(13)16-12-4-1-2-6-14(12)29(26,27)22-16/h1-2,4,6,11,13H,3,5,7-10H2,(H,19,25)(H,21,28)/t13-/m0/s1. The van der Waals surface area contributed by atoms with Crippen molar-refractivity contribution in [1.29, 1.82) is 0 Å². The third kappa shape index (κ3) is 3.18. The number of nitrogens with zero attached hydrogens (tertiary/aromatic N) is 4. The zero-order valence-electron chi connectivity index (χ0n) is 15.5. The summed E-state index contributed by atoms with van der Waals surface area (Å²) in [5.41, 5.74) is 0.557. The third-order valence-corrected chi connectivity index (χ3v) is 7.16. The van der Waals surface area contributed by atoms with Crippen molar-refractivity contribution in [1.82, 2.24) is 25.0 Å². The Kier molecular flexibility index (Phi) is 4.32. The lowest BCUT2D eigenvalue weighted by molar-refractivity contribution is -0.124. The summed E-state index contributed by atoms with van der Waals surface area (Å²) in [5, 5.41) is 9.97. The molecule has 1 aromatic carbocycles. The van der Waals surface area contributed by atoms with Crippen molar-refractivity contribution in [2.75, 3.05) is 6.54 Å². The van der Waals surface area contributed by atoms with Crippen LogP contribution in [0.25, 0.3) is 0 Å². The van der Waals surface area contributed by atoms with Gasteiger partial charge in [0.15, 0.2) is 16.4 Å². The summed E-state index contributed by atoms with van der Waals surface area (Å²) in [6.07, 6.45) is 3.57. The minimum atomic E-state index is -3.72. The number of hydrogen-bond donors (Lipinski definition) is 2. The van der Waals surface area contributed by atoms with E-state index >= 15 is 0 Å². The highest BCUT2D eigenvalue weighted by Crippen LogP contribution is 2.36. The Bertz CT molecular complexity index is 1180. The molecule has 9 nitrogen and oxygen atoms in total. The molecule has 152 valence electrons. The van der Waals surface area contributed by atoms with Crippen LogP contribution >= 0.6 is 12.2 Å². The Hall–Kier alpha value is -2.53. The number of aromatic amines is 1. The number of likely N-dealkylation sites (tertiary alicyclic amines) is 1. The Morgan fingerprint density at radius 1 is 1.28 bits per heavy atom. The summed E-state index contributed by atoms with van der Waals surface area (Å²) in [6.45, 7) is 0.857. The predicted molar refractivity (Wildman–Crippen MR) is 107 cm³/mol. The molecular formula is C18H20N6O3S2. The SMILES string of the molecule is O=C(NCc1n[nH]c(=S)n1C1CC1)[C@@H]1CCCN1C1=NS(=O)(=O)c2ccccc21. The van der Waals surface area contributed by atoms with Gasteiger partial charge in [0.05, 0.1) is 6.54 Å². The van der Waals surface area contributed by atoms with E-state index in [1.165, 1.54) is 0 Å². The van der Waals surface area contributed by atoms with Crippen LogP contribution in [0.3, 0.4) is 0 Å². The number of aromatic nitrogens is 3. The summed E-state index contributed by atoms with van der Waals surface area (Å²) in [4.78, 5) is 14.9. The van der Waals surface area contributed by atoms with Crippen molar-refractivity contribution in [2.45, 2.75) is 49.2 Å². The second-order valence-electron chi connectivity index (χ2n) is 7.50. The molecule has 2 aromatic rings. The number of rotatable bonds is 4. The van der Waals surface area contributed by atoms with Crippen LogP contribution in [-0.4, -0.2) is 52.4 Å². The monoisotopic (exact) mass is 432 g/mol. The van der Waals surface area contributed by atoms with Gasteiger partial charge in [-0.15, -0.1) is 4.40 Å². The van der Waals surface area contributed by atoms with E-state index in [-0.39, 0.29) is 17.3 Å². The van der Waals surface area contributed by atoms with Crippen molar-refractivity contribution in [3.8, 4) is 0 Å². The number of nitrogens with one attached hydrogen (secondary N) is 2. The van der Waals surface area contributed by atoms with E-state index in [1.807, 2.05) is 4.57 Å². The van der Waals surface area contributed by atoms with Crippen molar-refractivity contribution >= 4 is 34.0 Å². The molecule has 1 aliphatic carbocycles. The average molecular weight is 433 g/mol. The van der Waals surface area contributed by atoms with E-state index < -0.39 is 16.1 Å². The summed E-state index contributed by atoms with van der Waals surface area (Å²) in [7, 11) is -3.72.